The highest BCUT2D eigenvalue weighted by Crippen LogP contribution is 2.57. The topological polar surface area (TPSA) is 52.7 Å². The van der Waals surface area contributed by atoms with E-state index in [0.717, 1.165) is 49.2 Å². The average Bonchev–Trinajstić information content (AvgIpc) is 3.68. The number of likely N-dealkylation sites (tertiary alicyclic amines) is 1. The molecule has 0 spiro atoms. The van der Waals surface area contributed by atoms with E-state index in [0.29, 0.717) is 33.1 Å². The molecule has 0 radical (unpaired) electrons. The molecule has 0 aromatic heterocycles. The number of benzene rings is 3. The predicted molar refractivity (Wildman–Crippen MR) is 167 cm³/mol. The van der Waals surface area contributed by atoms with Crippen LogP contribution < -0.4 is 5.32 Å². The number of nitrogens with zero attached hydrogens (tertiary/aromatic N) is 2. The van der Waals surface area contributed by atoms with Crippen molar-refractivity contribution < 1.29 is 9.59 Å². The van der Waals surface area contributed by atoms with Crippen molar-refractivity contribution in [1.29, 1.82) is 0 Å². The van der Waals surface area contributed by atoms with E-state index in [1.807, 2.05) is 42.5 Å². The normalized spacial score (nSPS) is 21.8. The molecule has 0 bridgehead atoms. The molecule has 2 unspecified atom stereocenters. The summed E-state index contributed by atoms with van der Waals surface area (Å²) < 4.78 is 0. The summed E-state index contributed by atoms with van der Waals surface area (Å²) in [6.07, 6.45) is 2.30. The van der Waals surface area contributed by atoms with Gasteiger partial charge in [0.25, 0.3) is 0 Å². The summed E-state index contributed by atoms with van der Waals surface area (Å²) in [5, 5.41) is 5.06. The van der Waals surface area contributed by atoms with E-state index < -0.39 is 5.41 Å². The first-order valence-electron chi connectivity index (χ1n) is 13.8. The Hall–Kier alpha value is -2.28. The minimum Gasteiger partial charge on any atom is -0.347 e. The van der Waals surface area contributed by atoms with Crippen LogP contribution in [-0.4, -0.2) is 48.3 Å². The van der Waals surface area contributed by atoms with Crippen molar-refractivity contribution in [3.63, 3.8) is 0 Å². The maximum atomic E-state index is 14.2. The van der Waals surface area contributed by atoms with Crippen LogP contribution >= 0.6 is 46.4 Å². The Bertz CT molecular complexity index is 1440. The molecular formula is C32H33Cl4N3O2. The first kappa shape index (κ1) is 30.2. The lowest BCUT2D eigenvalue weighted by molar-refractivity contribution is -0.133. The van der Waals surface area contributed by atoms with Crippen LogP contribution in [0.1, 0.15) is 42.9 Å². The molecule has 3 aromatic carbocycles. The van der Waals surface area contributed by atoms with Gasteiger partial charge in [-0.2, -0.15) is 0 Å². The summed E-state index contributed by atoms with van der Waals surface area (Å²) in [5.41, 5.74) is 1.70. The van der Waals surface area contributed by atoms with Crippen molar-refractivity contribution >= 4 is 58.2 Å². The van der Waals surface area contributed by atoms with Crippen LogP contribution in [0.2, 0.25) is 20.1 Å². The number of carbonyl (C=O) groups is 2. The van der Waals surface area contributed by atoms with Gasteiger partial charge in [-0.15, -0.1) is 0 Å². The summed E-state index contributed by atoms with van der Waals surface area (Å²) in [5.74, 6) is 0.0944. The number of amides is 2. The van der Waals surface area contributed by atoms with Crippen LogP contribution in [0.3, 0.4) is 0 Å². The van der Waals surface area contributed by atoms with Crippen molar-refractivity contribution in [3.05, 3.63) is 104 Å². The first-order chi connectivity index (χ1) is 19.6. The Morgan fingerprint density at radius 3 is 2.27 bits per heavy atom. The summed E-state index contributed by atoms with van der Waals surface area (Å²) in [4.78, 5) is 30.5. The summed E-state index contributed by atoms with van der Waals surface area (Å²) >= 11 is 25.4. The molecule has 1 saturated heterocycles. The quantitative estimate of drug-likeness (QED) is 0.283. The van der Waals surface area contributed by atoms with Crippen LogP contribution in [0.4, 0.5) is 0 Å². The molecule has 2 atom stereocenters. The number of halogens is 4. The van der Waals surface area contributed by atoms with Crippen molar-refractivity contribution in [2.45, 2.75) is 43.7 Å². The van der Waals surface area contributed by atoms with Crippen LogP contribution in [0.15, 0.2) is 66.7 Å². The van der Waals surface area contributed by atoms with E-state index in [1.165, 1.54) is 0 Å². The Labute approximate surface area is 261 Å². The largest absolute Gasteiger partial charge is 0.347 e. The molecule has 1 N–H and O–H groups in total. The summed E-state index contributed by atoms with van der Waals surface area (Å²) in [6, 6.07) is 21.2. The van der Waals surface area contributed by atoms with Crippen molar-refractivity contribution in [2.24, 2.45) is 5.92 Å². The number of carbonyl (C=O) groups excluding carboxylic acids is 2. The number of piperidine rings is 1. The Morgan fingerprint density at radius 2 is 1.61 bits per heavy atom. The second-order valence-corrected chi connectivity index (χ2v) is 12.9. The van der Waals surface area contributed by atoms with Gasteiger partial charge in [0.1, 0.15) is 0 Å². The number of likely N-dealkylation sites (N-methyl/N-ethyl adjacent to an activating group) is 1. The van der Waals surface area contributed by atoms with Crippen LogP contribution in [0.5, 0.6) is 0 Å². The van der Waals surface area contributed by atoms with Gasteiger partial charge in [0.2, 0.25) is 11.8 Å². The number of nitrogens with one attached hydrogen (secondary N) is 1. The third-order valence-electron chi connectivity index (χ3n) is 8.64. The molecule has 9 heteroatoms. The van der Waals surface area contributed by atoms with Gasteiger partial charge in [-0.1, -0.05) is 94.9 Å². The highest BCUT2D eigenvalue weighted by atomic mass is 35.5. The third kappa shape index (κ3) is 6.11. The molecule has 1 aliphatic carbocycles. The zero-order valence-electron chi connectivity index (χ0n) is 23.1. The maximum Gasteiger partial charge on any atom is 0.233 e. The lowest BCUT2D eigenvalue weighted by Crippen LogP contribution is -2.53. The minimum absolute atomic E-state index is 0.0193. The van der Waals surface area contributed by atoms with Crippen molar-refractivity contribution in [1.82, 2.24) is 15.1 Å². The molecule has 1 heterocycles. The molecule has 1 saturated carbocycles. The average molecular weight is 633 g/mol. The van der Waals surface area contributed by atoms with Gasteiger partial charge in [0, 0.05) is 40.2 Å². The number of hydrogen-bond donors (Lipinski definition) is 1. The van der Waals surface area contributed by atoms with Gasteiger partial charge in [-0.25, -0.2) is 0 Å². The zero-order chi connectivity index (χ0) is 29.4. The SMILES string of the molecule is CC(=O)NC1(c2ccccc2)CCN(CC2CC2(C(=O)N(C)Cc2cccc(Cl)c2Cl)c2ccc(Cl)c(Cl)c2)CC1. The lowest BCUT2D eigenvalue weighted by Gasteiger charge is -2.43. The van der Waals surface area contributed by atoms with Crippen molar-refractivity contribution in [2.75, 3.05) is 26.7 Å². The summed E-state index contributed by atoms with van der Waals surface area (Å²) in [6.45, 7) is 4.30. The molecular weight excluding hydrogens is 600 g/mol. The second-order valence-electron chi connectivity index (χ2n) is 11.3. The van der Waals surface area contributed by atoms with Gasteiger partial charge in [0.15, 0.2) is 0 Å². The van der Waals surface area contributed by atoms with E-state index in [-0.39, 0.29) is 23.3 Å². The first-order valence-corrected chi connectivity index (χ1v) is 15.3. The Balaban J connectivity index is 1.35. The smallest absolute Gasteiger partial charge is 0.233 e. The summed E-state index contributed by atoms with van der Waals surface area (Å²) in [7, 11) is 1.80. The fourth-order valence-corrected chi connectivity index (χ4v) is 7.09. The van der Waals surface area contributed by atoms with E-state index in [4.69, 9.17) is 46.4 Å². The standard InChI is InChI=1S/C32H33Cl4N3O2/c1-21(40)37-31(23-8-4-3-5-9-23)13-15-39(16-14-31)20-25-18-32(25,24-11-12-26(33)28(35)17-24)30(41)38(2)19-22-7-6-10-27(34)29(22)36/h3-12,17,25H,13-16,18-20H2,1-2H3,(H,37,40). The van der Waals surface area contributed by atoms with E-state index >= 15 is 0 Å². The predicted octanol–water partition coefficient (Wildman–Crippen LogP) is 7.34. The Morgan fingerprint density at radius 1 is 0.902 bits per heavy atom. The molecule has 216 valence electrons. The molecule has 41 heavy (non-hydrogen) atoms. The van der Waals surface area contributed by atoms with Gasteiger partial charge < -0.3 is 15.1 Å². The van der Waals surface area contributed by atoms with Gasteiger partial charge >= 0.3 is 0 Å². The second kappa shape index (κ2) is 12.1. The number of rotatable bonds is 8. The van der Waals surface area contributed by atoms with E-state index in [2.05, 4.69) is 22.3 Å². The molecule has 5 rings (SSSR count). The van der Waals surface area contributed by atoms with Gasteiger partial charge in [-0.3, -0.25) is 9.59 Å². The van der Waals surface area contributed by atoms with E-state index in [1.54, 1.807) is 31.0 Å². The molecule has 5 nitrogen and oxygen atoms in total. The molecule has 1 aliphatic heterocycles. The number of hydrogen-bond acceptors (Lipinski definition) is 3. The van der Waals surface area contributed by atoms with Gasteiger partial charge in [-0.05, 0) is 60.1 Å². The van der Waals surface area contributed by atoms with Crippen molar-refractivity contribution in [3.8, 4) is 0 Å². The maximum absolute atomic E-state index is 14.2. The molecule has 2 aliphatic rings. The third-order valence-corrected chi connectivity index (χ3v) is 10.2. The highest BCUT2D eigenvalue weighted by molar-refractivity contribution is 6.42. The van der Waals surface area contributed by atoms with Crippen LogP contribution in [0, 0.1) is 5.92 Å². The zero-order valence-corrected chi connectivity index (χ0v) is 26.1. The minimum atomic E-state index is -0.709. The van der Waals surface area contributed by atoms with Crippen LogP contribution in [0.25, 0.3) is 0 Å². The monoisotopic (exact) mass is 631 g/mol. The van der Waals surface area contributed by atoms with E-state index in [9.17, 15) is 9.59 Å². The molecule has 2 fully saturated rings. The Kier molecular flexibility index (Phi) is 8.94. The lowest BCUT2D eigenvalue weighted by atomic mass is 9.80. The van der Waals surface area contributed by atoms with Gasteiger partial charge in [0.05, 0.1) is 31.0 Å². The molecule has 2 amide bonds. The molecule has 3 aromatic rings. The fourth-order valence-electron chi connectivity index (χ4n) is 6.41. The highest BCUT2D eigenvalue weighted by Gasteiger charge is 2.62. The van der Waals surface area contributed by atoms with Crippen LogP contribution in [-0.2, 0) is 27.1 Å². The fraction of sp³-hybridized carbons (Fsp3) is 0.375.